The number of nitrogens with zero attached hydrogens (tertiary/aromatic N) is 3. The highest BCUT2D eigenvalue weighted by atomic mass is 19.1. The second kappa shape index (κ2) is 8.15. The topological polar surface area (TPSA) is 73.8 Å². The number of unbranched alkanes of at least 4 members (excludes halogenated alkanes) is 1. The van der Waals surface area contributed by atoms with Crippen LogP contribution >= 0.6 is 0 Å². The first kappa shape index (κ1) is 19.3. The van der Waals surface area contributed by atoms with Gasteiger partial charge in [0.2, 0.25) is 5.91 Å². The molecular formula is C23H25FN4O. The molecule has 1 amide bonds. The van der Waals surface area contributed by atoms with Crippen molar-refractivity contribution in [1.29, 1.82) is 0 Å². The van der Waals surface area contributed by atoms with Crippen molar-refractivity contribution in [1.82, 2.24) is 14.8 Å². The van der Waals surface area contributed by atoms with Crippen LogP contribution in [0.15, 0.2) is 42.6 Å². The molecule has 29 heavy (non-hydrogen) atoms. The van der Waals surface area contributed by atoms with Gasteiger partial charge in [-0.25, -0.2) is 9.37 Å². The molecule has 2 heterocycles. The maximum atomic E-state index is 13.4. The Bertz CT molecular complexity index is 1020. The Morgan fingerprint density at radius 2 is 2.00 bits per heavy atom. The largest absolute Gasteiger partial charge is 0.366 e. The average Bonchev–Trinajstić information content (AvgIpc) is 3.41. The summed E-state index contributed by atoms with van der Waals surface area (Å²) in [5, 5.41) is 4.49. The van der Waals surface area contributed by atoms with Crippen molar-refractivity contribution in [3.05, 3.63) is 59.5 Å². The van der Waals surface area contributed by atoms with Crippen LogP contribution in [-0.4, -0.2) is 20.7 Å². The highest BCUT2D eigenvalue weighted by Gasteiger charge is 2.25. The van der Waals surface area contributed by atoms with Crippen LogP contribution in [0.4, 0.5) is 4.39 Å². The summed E-state index contributed by atoms with van der Waals surface area (Å²) in [7, 11) is 0. The Kier molecular flexibility index (Phi) is 5.43. The molecule has 0 atom stereocenters. The average molecular weight is 392 g/mol. The van der Waals surface area contributed by atoms with Crippen LogP contribution in [0.5, 0.6) is 0 Å². The molecule has 1 aliphatic rings. The standard InChI is InChI=1S/C23H25FN4O/c1-2-3-4-18-19(23(25)29)13-20(16-7-9-17(24)10-8-16)27-22(18)21-11-12-26-28(21)14-15-5-6-15/h7-13,15H,2-6,14H2,1H3,(H2,25,29). The molecule has 2 aromatic heterocycles. The van der Waals surface area contributed by atoms with Gasteiger partial charge in [-0.2, -0.15) is 5.10 Å². The van der Waals surface area contributed by atoms with E-state index in [9.17, 15) is 9.18 Å². The molecule has 3 aromatic rings. The van der Waals surface area contributed by atoms with E-state index in [1.807, 2.05) is 10.7 Å². The number of benzene rings is 1. The minimum absolute atomic E-state index is 0.314. The SMILES string of the molecule is CCCCc1c(C(N)=O)cc(-c2ccc(F)cc2)nc1-c1ccnn1CC1CC1. The van der Waals surface area contributed by atoms with Gasteiger partial charge in [-0.05, 0) is 73.6 Å². The van der Waals surface area contributed by atoms with Gasteiger partial charge in [0.1, 0.15) is 5.82 Å². The van der Waals surface area contributed by atoms with Gasteiger partial charge in [-0.1, -0.05) is 13.3 Å². The van der Waals surface area contributed by atoms with Crippen LogP contribution in [0.25, 0.3) is 22.6 Å². The van der Waals surface area contributed by atoms with E-state index in [2.05, 4.69) is 12.0 Å². The van der Waals surface area contributed by atoms with Crippen molar-refractivity contribution in [2.24, 2.45) is 11.7 Å². The molecule has 1 aliphatic carbocycles. The van der Waals surface area contributed by atoms with E-state index in [4.69, 9.17) is 10.7 Å². The summed E-state index contributed by atoms with van der Waals surface area (Å²) in [4.78, 5) is 17.2. The fourth-order valence-electron chi connectivity index (χ4n) is 3.60. The van der Waals surface area contributed by atoms with E-state index in [-0.39, 0.29) is 5.82 Å². The van der Waals surface area contributed by atoms with Crippen LogP contribution in [-0.2, 0) is 13.0 Å². The van der Waals surface area contributed by atoms with E-state index in [0.717, 1.165) is 48.3 Å². The third-order valence-corrected chi connectivity index (χ3v) is 5.40. The highest BCUT2D eigenvalue weighted by Crippen LogP contribution is 2.34. The van der Waals surface area contributed by atoms with E-state index < -0.39 is 5.91 Å². The van der Waals surface area contributed by atoms with Crippen LogP contribution in [0.3, 0.4) is 0 Å². The quantitative estimate of drug-likeness (QED) is 0.609. The number of nitrogens with two attached hydrogens (primary N) is 1. The lowest BCUT2D eigenvalue weighted by molar-refractivity contribution is 0.0999. The van der Waals surface area contributed by atoms with Gasteiger partial charge in [-0.15, -0.1) is 0 Å². The molecule has 150 valence electrons. The first-order valence-corrected chi connectivity index (χ1v) is 10.2. The third-order valence-electron chi connectivity index (χ3n) is 5.40. The Labute approximate surface area is 169 Å². The molecule has 4 rings (SSSR count). The Morgan fingerprint density at radius 1 is 1.24 bits per heavy atom. The summed E-state index contributed by atoms with van der Waals surface area (Å²) >= 11 is 0. The lowest BCUT2D eigenvalue weighted by Crippen LogP contribution is -2.17. The molecule has 0 bridgehead atoms. The minimum Gasteiger partial charge on any atom is -0.366 e. The minimum atomic E-state index is -0.476. The van der Waals surface area contributed by atoms with Crippen molar-refractivity contribution in [2.75, 3.05) is 0 Å². The number of pyridine rings is 1. The number of rotatable bonds is 8. The molecule has 0 spiro atoms. The van der Waals surface area contributed by atoms with Gasteiger partial charge in [0.25, 0.3) is 0 Å². The molecule has 1 saturated carbocycles. The smallest absolute Gasteiger partial charge is 0.249 e. The summed E-state index contributed by atoms with van der Waals surface area (Å²) in [6, 6.07) is 9.79. The van der Waals surface area contributed by atoms with E-state index in [1.54, 1.807) is 24.4 Å². The number of aromatic nitrogens is 3. The van der Waals surface area contributed by atoms with Crippen LogP contribution in [0.2, 0.25) is 0 Å². The number of hydrogen-bond donors (Lipinski definition) is 1. The van der Waals surface area contributed by atoms with Crippen LogP contribution in [0.1, 0.15) is 48.5 Å². The van der Waals surface area contributed by atoms with E-state index in [0.29, 0.717) is 17.2 Å². The molecule has 5 nitrogen and oxygen atoms in total. The highest BCUT2D eigenvalue weighted by molar-refractivity contribution is 5.97. The van der Waals surface area contributed by atoms with Gasteiger partial charge >= 0.3 is 0 Å². The molecule has 0 aliphatic heterocycles. The summed E-state index contributed by atoms with van der Waals surface area (Å²) in [6.45, 7) is 2.96. The van der Waals surface area contributed by atoms with Crippen molar-refractivity contribution in [3.8, 4) is 22.6 Å². The maximum Gasteiger partial charge on any atom is 0.249 e. The van der Waals surface area contributed by atoms with Gasteiger partial charge < -0.3 is 5.73 Å². The van der Waals surface area contributed by atoms with E-state index >= 15 is 0 Å². The summed E-state index contributed by atoms with van der Waals surface area (Å²) in [5.74, 6) is -0.133. The Balaban J connectivity index is 1.89. The zero-order valence-electron chi connectivity index (χ0n) is 16.6. The monoisotopic (exact) mass is 392 g/mol. The predicted molar refractivity (Wildman–Crippen MR) is 111 cm³/mol. The van der Waals surface area contributed by atoms with Gasteiger partial charge in [-0.3, -0.25) is 9.48 Å². The molecule has 0 saturated heterocycles. The summed E-state index contributed by atoms with van der Waals surface area (Å²) in [5.41, 5.74) is 10.1. The maximum absolute atomic E-state index is 13.4. The summed E-state index contributed by atoms with van der Waals surface area (Å²) in [6.07, 6.45) is 6.86. The number of carbonyl (C=O) groups is 1. The zero-order valence-corrected chi connectivity index (χ0v) is 16.6. The second-order valence-corrected chi connectivity index (χ2v) is 7.70. The predicted octanol–water partition coefficient (Wildman–Crippen LogP) is 4.60. The first-order chi connectivity index (χ1) is 14.1. The third kappa shape index (κ3) is 4.21. The Morgan fingerprint density at radius 3 is 2.66 bits per heavy atom. The molecule has 0 radical (unpaired) electrons. The van der Waals surface area contributed by atoms with Gasteiger partial charge in [0.05, 0.1) is 17.1 Å². The lowest BCUT2D eigenvalue weighted by Gasteiger charge is -2.16. The first-order valence-electron chi connectivity index (χ1n) is 10.2. The fraction of sp³-hybridized carbons (Fsp3) is 0.348. The van der Waals surface area contributed by atoms with Crippen molar-refractivity contribution in [2.45, 2.75) is 45.6 Å². The molecule has 0 unspecified atom stereocenters. The Hall–Kier alpha value is -3.02. The van der Waals surface area contributed by atoms with Gasteiger partial charge in [0.15, 0.2) is 0 Å². The van der Waals surface area contributed by atoms with Crippen LogP contribution in [0, 0.1) is 11.7 Å². The number of halogens is 1. The van der Waals surface area contributed by atoms with E-state index in [1.165, 1.54) is 25.0 Å². The molecule has 1 aromatic carbocycles. The second-order valence-electron chi connectivity index (χ2n) is 7.70. The lowest BCUT2D eigenvalue weighted by atomic mass is 9.96. The van der Waals surface area contributed by atoms with Gasteiger partial charge in [0, 0.05) is 23.9 Å². The zero-order chi connectivity index (χ0) is 20.4. The molecule has 6 heteroatoms. The number of amides is 1. The summed E-state index contributed by atoms with van der Waals surface area (Å²) < 4.78 is 15.4. The molecule has 2 N–H and O–H groups in total. The molecule has 1 fully saturated rings. The van der Waals surface area contributed by atoms with Crippen LogP contribution < -0.4 is 5.73 Å². The normalized spacial score (nSPS) is 13.6. The van der Waals surface area contributed by atoms with Crippen molar-refractivity contribution >= 4 is 5.91 Å². The number of primary amides is 1. The molecular weight excluding hydrogens is 367 g/mol. The number of carbonyl (C=O) groups excluding carboxylic acids is 1. The van der Waals surface area contributed by atoms with Crippen molar-refractivity contribution in [3.63, 3.8) is 0 Å². The fourth-order valence-corrected chi connectivity index (χ4v) is 3.60. The number of hydrogen-bond acceptors (Lipinski definition) is 3. The van der Waals surface area contributed by atoms with Crippen molar-refractivity contribution < 1.29 is 9.18 Å².